The van der Waals surface area contributed by atoms with Crippen LogP contribution in [0.2, 0.25) is 0 Å². The smallest absolute Gasteiger partial charge is 0.221 e. The molecule has 17 heavy (non-hydrogen) atoms. The highest BCUT2D eigenvalue weighted by Gasteiger charge is 2.14. The summed E-state index contributed by atoms with van der Waals surface area (Å²) in [4.78, 5) is 11.4. The summed E-state index contributed by atoms with van der Waals surface area (Å²) in [5.41, 5.74) is -0.297. The van der Waals surface area contributed by atoms with Crippen LogP contribution in [0.4, 0.5) is 0 Å². The lowest BCUT2D eigenvalue weighted by Crippen LogP contribution is -2.42. The molecule has 0 unspecified atom stereocenters. The van der Waals surface area contributed by atoms with Crippen molar-refractivity contribution >= 4 is 27.5 Å². The molecule has 0 aromatic rings. The minimum Gasteiger partial charge on any atom is -0.351 e. The zero-order valence-corrected chi connectivity index (χ0v) is 12.1. The maximum absolute atomic E-state index is 11.4. The number of hydrogen-bond donors (Lipinski definition) is 2. The van der Waals surface area contributed by atoms with E-state index in [1.54, 1.807) is 0 Å². The fraction of sp³-hybridized carbons (Fsp3) is 0.900. The lowest BCUT2D eigenvalue weighted by atomic mass is 10.1. The van der Waals surface area contributed by atoms with Crippen molar-refractivity contribution in [2.45, 2.75) is 39.2 Å². The number of halogens is 1. The van der Waals surface area contributed by atoms with Gasteiger partial charge < -0.3 is 5.32 Å². The third-order valence-electron chi connectivity index (χ3n) is 1.74. The molecule has 0 aliphatic carbocycles. The van der Waals surface area contributed by atoms with Crippen molar-refractivity contribution in [2.24, 2.45) is 0 Å². The average molecular weight is 285 g/mol. The normalized spacial score (nSPS) is 12.5. The SMILES string of the molecule is CC(C)(C)NC(=O)CCNS(=O)(=O)CCCCl. The quantitative estimate of drug-likeness (QED) is 0.680. The number of alkyl halides is 1. The molecule has 0 saturated heterocycles. The third kappa shape index (κ3) is 10.5. The number of nitrogens with one attached hydrogen (secondary N) is 2. The number of sulfonamides is 1. The molecule has 5 nitrogen and oxygen atoms in total. The van der Waals surface area contributed by atoms with Crippen LogP contribution in [-0.2, 0) is 14.8 Å². The van der Waals surface area contributed by atoms with Crippen molar-refractivity contribution in [3.63, 3.8) is 0 Å². The minimum absolute atomic E-state index is 0.00259. The van der Waals surface area contributed by atoms with Gasteiger partial charge in [-0.25, -0.2) is 13.1 Å². The Morgan fingerprint density at radius 2 is 1.88 bits per heavy atom. The largest absolute Gasteiger partial charge is 0.351 e. The molecule has 0 rings (SSSR count). The van der Waals surface area contributed by atoms with Crippen LogP contribution in [0.3, 0.4) is 0 Å². The monoisotopic (exact) mass is 284 g/mol. The maximum atomic E-state index is 11.4. The molecular formula is C10H21ClN2O3S. The van der Waals surface area contributed by atoms with Gasteiger partial charge in [0, 0.05) is 24.4 Å². The van der Waals surface area contributed by atoms with Gasteiger partial charge in [-0.3, -0.25) is 4.79 Å². The molecule has 0 heterocycles. The molecule has 0 saturated carbocycles. The zero-order chi connectivity index (χ0) is 13.5. The lowest BCUT2D eigenvalue weighted by Gasteiger charge is -2.20. The lowest BCUT2D eigenvalue weighted by molar-refractivity contribution is -0.122. The Morgan fingerprint density at radius 3 is 2.35 bits per heavy atom. The number of hydrogen-bond acceptors (Lipinski definition) is 3. The van der Waals surface area contributed by atoms with E-state index in [-0.39, 0.29) is 30.2 Å². The summed E-state index contributed by atoms with van der Waals surface area (Å²) in [6.07, 6.45) is 0.544. The second kappa shape index (κ2) is 7.18. The Bertz CT molecular complexity index is 336. The molecule has 2 N–H and O–H groups in total. The van der Waals surface area contributed by atoms with Crippen LogP contribution < -0.4 is 10.0 Å². The van der Waals surface area contributed by atoms with Crippen molar-refractivity contribution in [2.75, 3.05) is 18.2 Å². The summed E-state index contributed by atoms with van der Waals surface area (Å²) >= 11 is 5.41. The van der Waals surface area contributed by atoms with Gasteiger partial charge in [0.2, 0.25) is 15.9 Å². The average Bonchev–Trinajstić information content (AvgIpc) is 2.11. The van der Waals surface area contributed by atoms with E-state index in [4.69, 9.17) is 11.6 Å². The first-order valence-electron chi connectivity index (χ1n) is 5.50. The summed E-state index contributed by atoms with van der Waals surface area (Å²) in [6, 6.07) is 0. The molecule has 7 heteroatoms. The highest BCUT2D eigenvalue weighted by Crippen LogP contribution is 1.99. The van der Waals surface area contributed by atoms with Gasteiger partial charge in [-0.2, -0.15) is 0 Å². The Hall–Kier alpha value is -0.330. The topological polar surface area (TPSA) is 75.3 Å². The summed E-state index contributed by atoms with van der Waals surface area (Å²) in [5, 5.41) is 2.75. The Balaban J connectivity index is 3.88. The predicted molar refractivity (Wildman–Crippen MR) is 69.6 cm³/mol. The van der Waals surface area contributed by atoms with Crippen LogP contribution in [-0.4, -0.2) is 38.0 Å². The fourth-order valence-corrected chi connectivity index (χ4v) is 2.49. The standard InChI is InChI=1S/C10H21ClN2O3S/c1-10(2,3)13-9(14)5-7-12-17(15,16)8-4-6-11/h12H,4-8H2,1-3H3,(H,13,14). The second-order valence-electron chi connectivity index (χ2n) is 4.80. The summed E-state index contributed by atoms with van der Waals surface area (Å²) in [6.45, 7) is 5.73. The first-order valence-corrected chi connectivity index (χ1v) is 7.69. The van der Waals surface area contributed by atoms with Crippen molar-refractivity contribution < 1.29 is 13.2 Å². The minimum atomic E-state index is -3.30. The van der Waals surface area contributed by atoms with Crippen LogP contribution in [0.25, 0.3) is 0 Å². The van der Waals surface area contributed by atoms with E-state index < -0.39 is 10.0 Å². The molecule has 0 bridgehead atoms. The number of carbonyl (C=O) groups excluding carboxylic acids is 1. The highest BCUT2D eigenvalue weighted by molar-refractivity contribution is 7.89. The van der Waals surface area contributed by atoms with Gasteiger partial charge >= 0.3 is 0 Å². The molecule has 0 aromatic heterocycles. The molecule has 102 valence electrons. The predicted octanol–water partition coefficient (Wildman–Crippen LogP) is 0.839. The van der Waals surface area contributed by atoms with Crippen LogP contribution in [0.5, 0.6) is 0 Å². The molecule has 0 fully saturated rings. The van der Waals surface area contributed by atoms with Crippen molar-refractivity contribution in [3.05, 3.63) is 0 Å². The Morgan fingerprint density at radius 1 is 1.29 bits per heavy atom. The van der Waals surface area contributed by atoms with Gasteiger partial charge in [-0.05, 0) is 27.2 Å². The maximum Gasteiger partial charge on any atom is 0.221 e. The van der Waals surface area contributed by atoms with E-state index in [0.29, 0.717) is 12.3 Å². The van der Waals surface area contributed by atoms with Gasteiger partial charge in [0.05, 0.1) is 5.75 Å². The van der Waals surface area contributed by atoms with Gasteiger partial charge in [0.15, 0.2) is 0 Å². The van der Waals surface area contributed by atoms with Gasteiger partial charge in [-0.15, -0.1) is 11.6 Å². The van der Waals surface area contributed by atoms with Crippen molar-refractivity contribution in [1.29, 1.82) is 0 Å². The van der Waals surface area contributed by atoms with Gasteiger partial charge in [0.25, 0.3) is 0 Å². The molecule has 0 aliphatic heterocycles. The Labute approximate surface area is 108 Å². The molecular weight excluding hydrogens is 264 g/mol. The van der Waals surface area contributed by atoms with E-state index in [9.17, 15) is 13.2 Å². The van der Waals surface area contributed by atoms with E-state index in [1.165, 1.54) is 0 Å². The molecule has 0 aliphatic rings. The van der Waals surface area contributed by atoms with Crippen molar-refractivity contribution in [1.82, 2.24) is 10.0 Å². The van der Waals surface area contributed by atoms with E-state index in [2.05, 4.69) is 10.0 Å². The Kier molecular flexibility index (Phi) is 7.04. The molecule has 1 amide bonds. The van der Waals surface area contributed by atoms with Gasteiger partial charge in [-0.1, -0.05) is 0 Å². The fourth-order valence-electron chi connectivity index (χ4n) is 1.12. The molecule has 0 spiro atoms. The molecule has 0 aromatic carbocycles. The third-order valence-corrected chi connectivity index (χ3v) is 3.47. The highest BCUT2D eigenvalue weighted by atomic mass is 35.5. The van der Waals surface area contributed by atoms with E-state index in [1.807, 2.05) is 20.8 Å². The molecule has 0 radical (unpaired) electrons. The van der Waals surface area contributed by atoms with Gasteiger partial charge in [0.1, 0.15) is 0 Å². The van der Waals surface area contributed by atoms with Crippen LogP contribution >= 0.6 is 11.6 Å². The number of amides is 1. The molecule has 0 atom stereocenters. The van der Waals surface area contributed by atoms with E-state index >= 15 is 0 Å². The number of rotatable bonds is 7. The summed E-state index contributed by atoms with van der Waals surface area (Å²) in [5.74, 6) is 0.139. The second-order valence-corrected chi connectivity index (χ2v) is 7.11. The summed E-state index contributed by atoms with van der Waals surface area (Å²) < 4.78 is 25.1. The van der Waals surface area contributed by atoms with Crippen LogP contribution in [0, 0.1) is 0 Å². The summed E-state index contributed by atoms with van der Waals surface area (Å²) in [7, 11) is -3.30. The van der Waals surface area contributed by atoms with E-state index in [0.717, 1.165) is 0 Å². The van der Waals surface area contributed by atoms with Crippen molar-refractivity contribution in [3.8, 4) is 0 Å². The first kappa shape index (κ1) is 16.7. The van der Waals surface area contributed by atoms with Crippen LogP contribution in [0.1, 0.15) is 33.6 Å². The van der Waals surface area contributed by atoms with Crippen LogP contribution in [0.15, 0.2) is 0 Å². The first-order chi connectivity index (χ1) is 7.66. The number of carbonyl (C=O) groups is 1. The zero-order valence-electron chi connectivity index (χ0n) is 10.5.